The first kappa shape index (κ1) is 15.0. The van der Waals surface area contributed by atoms with Crippen molar-refractivity contribution in [3.05, 3.63) is 58.2 Å². The molecule has 0 aromatic carbocycles. The molecule has 0 radical (unpaired) electrons. The third-order valence-corrected chi connectivity index (χ3v) is 5.38. The highest BCUT2D eigenvalue weighted by Gasteiger charge is 2.18. The van der Waals surface area contributed by atoms with Gasteiger partial charge in [-0.3, -0.25) is 14.5 Å². The molecule has 1 amide bonds. The summed E-state index contributed by atoms with van der Waals surface area (Å²) in [5.41, 5.74) is 3.97. The summed E-state index contributed by atoms with van der Waals surface area (Å²) in [5, 5.41) is 7.44. The molecule has 120 valence electrons. The molecule has 24 heavy (non-hydrogen) atoms. The number of aryl methyl sites for hydroxylation is 2. The van der Waals surface area contributed by atoms with Crippen LogP contribution in [0.15, 0.2) is 41.2 Å². The molecule has 4 rings (SSSR count). The van der Waals surface area contributed by atoms with E-state index in [9.17, 15) is 4.79 Å². The molecule has 4 aromatic rings. The van der Waals surface area contributed by atoms with Gasteiger partial charge in [-0.15, -0.1) is 22.7 Å². The van der Waals surface area contributed by atoms with Gasteiger partial charge in [0.15, 0.2) is 5.13 Å². The van der Waals surface area contributed by atoms with E-state index in [0.717, 1.165) is 21.8 Å². The molecule has 7 heteroatoms. The molecule has 0 unspecified atom stereocenters. The maximum atomic E-state index is 12.7. The van der Waals surface area contributed by atoms with Gasteiger partial charge in [0.05, 0.1) is 16.3 Å². The van der Waals surface area contributed by atoms with E-state index in [-0.39, 0.29) is 5.91 Å². The Hall–Kier alpha value is -2.51. The molecule has 0 aliphatic carbocycles. The van der Waals surface area contributed by atoms with Crippen LogP contribution < -0.4 is 5.32 Å². The third kappa shape index (κ3) is 2.51. The van der Waals surface area contributed by atoms with Crippen molar-refractivity contribution in [2.45, 2.75) is 13.8 Å². The number of anilines is 1. The molecular weight excluding hydrogens is 340 g/mol. The Morgan fingerprint density at radius 2 is 2.04 bits per heavy atom. The molecule has 4 aromatic heterocycles. The Kier molecular flexibility index (Phi) is 3.66. The lowest BCUT2D eigenvalue weighted by molar-refractivity contribution is 0.102. The van der Waals surface area contributed by atoms with Crippen LogP contribution in [0.2, 0.25) is 0 Å². The highest BCUT2D eigenvalue weighted by Crippen LogP contribution is 2.28. The quantitative estimate of drug-likeness (QED) is 0.594. The van der Waals surface area contributed by atoms with E-state index in [1.807, 2.05) is 59.5 Å². The lowest BCUT2D eigenvalue weighted by atomic mass is 10.3. The number of carbonyl (C=O) groups is 1. The van der Waals surface area contributed by atoms with Gasteiger partial charge in [-0.1, -0.05) is 12.1 Å². The number of hydrogen-bond donors (Lipinski definition) is 1. The molecule has 0 aliphatic heterocycles. The number of thiazole rings is 1. The van der Waals surface area contributed by atoms with Gasteiger partial charge >= 0.3 is 0 Å². The van der Waals surface area contributed by atoms with E-state index < -0.39 is 0 Å². The van der Waals surface area contributed by atoms with Crippen molar-refractivity contribution >= 4 is 39.4 Å². The van der Waals surface area contributed by atoms with Crippen LogP contribution in [0.5, 0.6) is 0 Å². The first-order valence-electron chi connectivity index (χ1n) is 7.38. The van der Waals surface area contributed by atoms with Gasteiger partial charge in [-0.25, -0.2) is 9.97 Å². The number of rotatable bonds is 3. The fourth-order valence-corrected chi connectivity index (χ4v) is 4.08. The monoisotopic (exact) mass is 354 g/mol. The molecule has 0 saturated carbocycles. The van der Waals surface area contributed by atoms with Gasteiger partial charge in [0.1, 0.15) is 11.3 Å². The van der Waals surface area contributed by atoms with Crippen molar-refractivity contribution in [3.63, 3.8) is 0 Å². The van der Waals surface area contributed by atoms with E-state index >= 15 is 0 Å². The lowest BCUT2D eigenvalue weighted by Crippen LogP contribution is -2.15. The van der Waals surface area contributed by atoms with Gasteiger partial charge in [0.2, 0.25) is 0 Å². The molecule has 0 fully saturated rings. The topological polar surface area (TPSA) is 59.3 Å². The van der Waals surface area contributed by atoms with Crippen molar-refractivity contribution in [2.24, 2.45) is 0 Å². The molecule has 4 heterocycles. The smallest absolute Gasteiger partial charge is 0.276 e. The van der Waals surface area contributed by atoms with E-state index in [1.165, 1.54) is 11.3 Å². The number of fused-ring (bicyclic) bond motifs is 1. The van der Waals surface area contributed by atoms with Crippen molar-refractivity contribution < 1.29 is 4.79 Å². The summed E-state index contributed by atoms with van der Waals surface area (Å²) in [6, 6.07) is 7.90. The maximum absolute atomic E-state index is 12.7. The van der Waals surface area contributed by atoms with Crippen LogP contribution in [0.1, 0.15) is 21.7 Å². The lowest BCUT2D eigenvalue weighted by Gasteiger charge is -2.03. The van der Waals surface area contributed by atoms with E-state index in [1.54, 1.807) is 11.3 Å². The summed E-state index contributed by atoms with van der Waals surface area (Å²) in [7, 11) is 0. The number of hydrogen-bond acceptors (Lipinski definition) is 5. The number of pyridine rings is 1. The second-order valence-corrected chi connectivity index (χ2v) is 7.21. The highest BCUT2D eigenvalue weighted by atomic mass is 32.1. The van der Waals surface area contributed by atoms with Crippen molar-refractivity contribution in [1.29, 1.82) is 0 Å². The molecule has 1 N–H and O–H groups in total. The number of thiophene rings is 1. The zero-order chi connectivity index (χ0) is 16.7. The van der Waals surface area contributed by atoms with E-state index in [2.05, 4.69) is 15.3 Å². The van der Waals surface area contributed by atoms with E-state index in [0.29, 0.717) is 16.5 Å². The Bertz CT molecular complexity index is 1030. The van der Waals surface area contributed by atoms with Crippen LogP contribution in [0, 0.1) is 13.8 Å². The summed E-state index contributed by atoms with van der Waals surface area (Å²) < 4.78 is 1.83. The van der Waals surface area contributed by atoms with Gasteiger partial charge in [0, 0.05) is 11.6 Å². The van der Waals surface area contributed by atoms with Crippen LogP contribution in [0.25, 0.3) is 16.2 Å². The van der Waals surface area contributed by atoms with Crippen molar-refractivity contribution in [2.75, 3.05) is 5.32 Å². The second-order valence-electron chi connectivity index (χ2n) is 5.40. The fraction of sp³-hybridized carbons (Fsp3) is 0.118. The third-order valence-electron chi connectivity index (χ3n) is 3.73. The molecule has 0 saturated heterocycles. The number of aromatic nitrogens is 3. The predicted molar refractivity (Wildman–Crippen MR) is 98.0 cm³/mol. The van der Waals surface area contributed by atoms with Gasteiger partial charge < -0.3 is 0 Å². The van der Waals surface area contributed by atoms with Crippen LogP contribution in [-0.2, 0) is 0 Å². The Labute approximate surface area is 146 Å². The van der Waals surface area contributed by atoms with Crippen LogP contribution in [-0.4, -0.2) is 20.3 Å². The van der Waals surface area contributed by atoms with Crippen LogP contribution in [0.3, 0.4) is 0 Å². The molecule has 0 spiro atoms. The van der Waals surface area contributed by atoms with Crippen molar-refractivity contribution in [3.8, 4) is 10.6 Å². The first-order valence-corrected chi connectivity index (χ1v) is 9.14. The Morgan fingerprint density at radius 1 is 1.17 bits per heavy atom. The number of imidazole rings is 1. The normalized spacial score (nSPS) is 11.1. The maximum Gasteiger partial charge on any atom is 0.276 e. The zero-order valence-electron chi connectivity index (χ0n) is 13.1. The molecule has 0 atom stereocenters. The largest absolute Gasteiger partial charge is 0.296 e. The average Bonchev–Trinajstić information content (AvgIpc) is 3.25. The predicted octanol–water partition coefficient (Wildman–Crippen LogP) is 4.39. The minimum Gasteiger partial charge on any atom is -0.296 e. The molecule has 0 aliphatic rings. The van der Waals surface area contributed by atoms with Crippen molar-refractivity contribution in [1.82, 2.24) is 14.4 Å². The first-order chi connectivity index (χ1) is 11.6. The number of carbonyl (C=O) groups excluding carboxylic acids is 1. The molecule has 5 nitrogen and oxygen atoms in total. The summed E-state index contributed by atoms with van der Waals surface area (Å²) >= 11 is 3.05. The number of amides is 1. The summed E-state index contributed by atoms with van der Waals surface area (Å²) in [4.78, 5) is 22.8. The highest BCUT2D eigenvalue weighted by molar-refractivity contribution is 7.16. The fourth-order valence-electron chi connectivity index (χ4n) is 2.62. The summed E-state index contributed by atoms with van der Waals surface area (Å²) in [6.07, 6.45) is 1.86. The number of nitrogens with one attached hydrogen (secondary N) is 1. The minimum absolute atomic E-state index is 0.197. The minimum atomic E-state index is -0.197. The SMILES string of the molecule is Cc1nc2c(C)cccn2c1C(=O)Nc1nc(-c2cccs2)cs1. The Balaban J connectivity index is 1.66. The van der Waals surface area contributed by atoms with Gasteiger partial charge in [-0.2, -0.15) is 0 Å². The van der Waals surface area contributed by atoms with Gasteiger partial charge in [0.25, 0.3) is 5.91 Å². The van der Waals surface area contributed by atoms with Crippen LogP contribution in [0.4, 0.5) is 5.13 Å². The van der Waals surface area contributed by atoms with Gasteiger partial charge in [-0.05, 0) is 36.9 Å². The zero-order valence-corrected chi connectivity index (χ0v) is 14.7. The average molecular weight is 354 g/mol. The summed E-state index contributed by atoms with van der Waals surface area (Å²) in [5.74, 6) is -0.197. The standard InChI is InChI=1S/C17H14N4OS2/c1-10-5-3-7-21-14(11(2)18-15(10)21)16(22)20-17-19-12(9-24-17)13-6-4-8-23-13/h3-9H,1-2H3,(H,19,20,22). The molecule has 0 bridgehead atoms. The van der Waals surface area contributed by atoms with Crippen LogP contribution >= 0.6 is 22.7 Å². The Morgan fingerprint density at radius 3 is 2.83 bits per heavy atom. The second kappa shape index (κ2) is 5.85. The molecular formula is C17H14N4OS2. The van der Waals surface area contributed by atoms with E-state index in [4.69, 9.17) is 0 Å². The summed E-state index contributed by atoms with van der Waals surface area (Å²) in [6.45, 7) is 3.83. The number of nitrogens with zero attached hydrogens (tertiary/aromatic N) is 3.